The molecule has 1 heterocycles. The summed E-state index contributed by atoms with van der Waals surface area (Å²) in [6, 6.07) is 16.7. The number of pyridine rings is 1. The fourth-order valence-corrected chi connectivity index (χ4v) is 2.48. The summed E-state index contributed by atoms with van der Waals surface area (Å²) in [4.78, 5) is 6.89. The van der Waals surface area contributed by atoms with Crippen molar-refractivity contribution in [2.24, 2.45) is 5.73 Å². The second-order valence-electron chi connectivity index (χ2n) is 4.96. The number of nitrogens with two attached hydrogens (primary N) is 1. The van der Waals surface area contributed by atoms with Gasteiger partial charge in [-0.15, -0.1) is 0 Å². The van der Waals surface area contributed by atoms with Crippen molar-refractivity contribution in [3.05, 3.63) is 66.0 Å². The largest absolute Gasteiger partial charge is 0.329 e. The summed E-state index contributed by atoms with van der Waals surface area (Å²) in [5.74, 6) is 0. The van der Waals surface area contributed by atoms with Gasteiger partial charge >= 0.3 is 0 Å². The predicted octanol–water partition coefficient (Wildman–Crippen LogP) is 2.99. The van der Waals surface area contributed by atoms with E-state index in [1.807, 2.05) is 24.4 Å². The lowest BCUT2D eigenvalue weighted by atomic mass is 10.1. The molecule has 106 valence electrons. The first-order valence-electron chi connectivity index (χ1n) is 7.24. The van der Waals surface area contributed by atoms with Crippen molar-refractivity contribution in [1.82, 2.24) is 9.88 Å². The number of benzene rings is 1. The highest BCUT2D eigenvalue weighted by Crippen LogP contribution is 2.20. The molecule has 0 radical (unpaired) electrons. The molecule has 0 fully saturated rings. The summed E-state index contributed by atoms with van der Waals surface area (Å²) in [5, 5.41) is 0. The number of rotatable bonds is 7. The van der Waals surface area contributed by atoms with Crippen LogP contribution in [-0.2, 0) is 6.54 Å². The molecule has 2 N–H and O–H groups in total. The van der Waals surface area contributed by atoms with Crippen LogP contribution in [0.3, 0.4) is 0 Å². The molecule has 1 aromatic carbocycles. The molecular formula is C17H23N3. The minimum atomic E-state index is 0.177. The highest BCUT2D eigenvalue weighted by Gasteiger charge is 2.19. The Hall–Kier alpha value is -1.71. The Kier molecular flexibility index (Phi) is 5.71. The smallest absolute Gasteiger partial charge is 0.0647 e. The zero-order valence-electron chi connectivity index (χ0n) is 12.1. The van der Waals surface area contributed by atoms with Crippen molar-refractivity contribution in [2.75, 3.05) is 13.1 Å². The maximum atomic E-state index is 6.01. The van der Waals surface area contributed by atoms with Gasteiger partial charge in [0.25, 0.3) is 0 Å². The van der Waals surface area contributed by atoms with Gasteiger partial charge < -0.3 is 5.73 Å². The molecule has 3 heteroatoms. The number of hydrogen-bond acceptors (Lipinski definition) is 3. The lowest BCUT2D eigenvalue weighted by molar-refractivity contribution is 0.189. The number of hydrogen-bond donors (Lipinski definition) is 1. The van der Waals surface area contributed by atoms with E-state index < -0.39 is 0 Å². The van der Waals surface area contributed by atoms with Gasteiger partial charge in [-0.2, -0.15) is 0 Å². The third-order valence-corrected chi connectivity index (χ3v) is 3.43. The summed E-state index contributed by atoms with van der Waals surface area (Å²) in [6.07, 6.45) is 2.95. The molecule has 3 nitrogen and oxygen atoms in total. The van der Waals surface area contributed by atoms with Crippen molar-refractivity contribution in [3.8, 4) is 0 Å². The fraction of sp³-hybridized carbons (Fsp3) is 0.353. The lowest BCUT2D eigenvalue weighted by Crippen LogP contribution is -2.34. The molecule has 0 bridgehead atoms. The quantitative estimate of drug-likeness (QED) is 0.840. The van der Waals surface area contributed by atoms with Crippen molar-refractivity contribution in [2.45, 2.75) is 25.9 Å². The maximum Gasteiger partial charge on any atom is 0.0647 e. The standard InChI is InChI=1S/C17H23N3/c1-2-12-20(14-15-8-4-3-5-9-15)17(13-18)16-10-6-7-11-19-16/h3-11,17H,2,12-14,18H2,1H3. The van der Waals surface area contributed by atoms with Gasteiger partial charge in [-0.1, -0.05) is 43.3 Å². The molecule has 1 unspecified atom stereocenters. The minimum Gasteiger partial charge on any atom is -0.329 e. The van der Waals surface area contributed by atoms with Crippen molar-refractivity contribution >= 4 is 0 Å². The zero-order chi connectivity index (χ0) is 14.2. The van der Waals surface area contributed by atoms with Crippen molar-refractivity contribution in [1.29, 1.82) is 0 Å². The third kappa shape index (κ3) is 3.89. The molecule has 0 aliphatic rings. The van der Waals surface area contributed by atoms with E-state index in [9.17, 15) is 0 Å². The molecule has 20 heavy (non-hydrogen) atoms. The monoisotopic (exact) mass is 269 g/mol. The van der Waals surface area contributed by atoms with Gasteiger partial charge in [0, 0.05) is 19.3 Å². The van der Waals surface area contributed by atoms with Crippen LogP contribution in [0.1, 0.15) is 30.6 Å². The normalized spacial score (nSPS) is 12.6. The average Bonchev–Trinajstić information content (AvgIpc) is 2.50. The van der Waals surface area contributed by atoms with Crippen molar-refractivity contribution in [3.63, 3.8) is 0 Å². The minimum absolute atomic E-state index is 0.177. The summed E-state index contributed by atoms with van der Waals surface area (Å²) in [6.45, 7) is 4.72. The molecule has 0 amide bonds. The van der Waals surface area contributed by atoms with Gasteiger partial charge in [0.15, 0.2) is 0 Å². The van der Waals surface area contributed by atoms with E-state index in [1.54, 1.807) is 0 Å². The fourth-order valence-electron chi connectivity index (χ4n) is 2.48. The van der Waals surface area contributed by atoms with Crippen LogP contribution in [0.25, 0.3) is 0 Å². The highest BCUT2D eigenvalue weighted by molar-refractivity contribution is 5.16. The molecule has 2 aromatic rings. The Morgan fingerprint density at radius 3 is 2.45 bits per heavy atom. The van der Waals surface area contributed by atoms with E-state index in [0.717, 1.165) is 25.2 Å². The first-order chi connectivity index (χ1) is 9.85. The molecule has 0 spiro atoms. The first kappa shape index (κ1) is 14.7. The predicted molar refractivity (Wildman–Crippen MR) is 83.2 cm³/mol. The summed E-state index contributed by atoms with van der Waals surface area (Å²) in [7, 11) is 0. The number of aromatic nitrogens is 1. The van der Waals surface area contributed by atoms with Crippen LogP contribution < -0.4 is 5.73 Å². The molecule has 0 saturated heterocycles. The second-order valence-corrected chi connectivity index (χ2v) is 4.96. The molecule has 0 saturated carbocycles. The molecule has 0 aliphatic carbocycles. The Labute approximate surface area is 121 Å². The van der Waals surface area contributed by atoms with E-state index in [2.05, 4.69) is 47.1 Å². The van der Waals surface area contributed by atoms with Crippen LogP contribution >= 0.6 is 0 Å². The molecule has 2 rings (SSSR count). The molecule has 1 aromatic heterocycles. The Morgan fingerprint density at radius 2 is 1.85 bits per heavy atom. The zero-order valence-corrected chi connectivity index (χ0v) is 12.1. The Bertz CT molecular complexity index is 484. The van der Waals surface area contributed by atoms with E-state index in [4.69, 9.17) is 5.73 Å². The van der Waals surface area contributed by atoms with E-state index in [0.29, 0.717) is 6.54 Å². The third-order valence-electron chi connectivity index (χ3n) is 3.43. The van der Waals surface area contributed by atoms with Gasteiger partial charge in [-0.05, 0) is 30.7 Å². The summed E-state index contributed by atoms with van der Waals surface area (Å²) in [5.41, 5.74) is 8.38. The van der Waals surface area contributed by atoms with Crippen LogP contribution in [-0.4, -0.2) is 23.0 Å². The SMILES string of the molecule is CCCN(Cc1ccccc1)C(CN)c1ccccn1. The van der Waals surface area contributed by atoms with Gasteiger partial charge in [0.2, 0.25) is 0 Å². The highest BCUT2D eigenvalue weighted by atomic mass is 15.2. The van der Waals surface area contributed by atoms with E-state index >= 15 is 0 Å². The summed E-state index contributed by atoms with van der Waals surface area (Å²) < 4.78 is 0. The molecule has 0 aliphatic heterocycles. The average molecular weight is 269 g/mol. The summed E-state index contributed by atoms with van der Waals surface area (Å²) >= 11 is 0. The molecule has 1 atom stereocenters. The molecular weight excluding hydrogens is 246 g/mol. The van der Waals surface area contributed by atoms with E-state index in [1.165, 1.54) is 5.56 Å². The van der Waals surface area contributed by atoms with Crippen LogP contribution in [0.2, 0.25) is 0 Å². The van der Waals surface area contributed by atoms with Gasteiger partial charge in [0.05, 0.1) is 11.7 Å². The second kappa shape index (κ2) is 7.78. The van der Waals surface area contributed by atoms with Crippen LogP contribution in [0.15, 0.2) is 54.7 Å². The Morgan fingerprint density at radius 1 is 1.10 bits per heavy atom. The van der Waals surface area contributed by atoms with Crippen LogP contribution in [0.4, 0.5) is 0 Å². The van der Waals surface area contributed by atoms with Gasteiger partial charge in [0.1, 0.15) is 0 Å². The van der Waals surface area contributed by atoms with Crippen LogP contribution in [0, 0.1) is 0 Å². The van der Waals surface area contributed by atoms with Gasteiger partial charge in [-0.3, -0.25) is 9.88 Å². The van der Waals surface area contributed by atoms with Crippen LogP contribution in [0.5, 0.6) is 0 Å². The maximum absolute atomic E-state index is 6.01. The van der Waals surface area contributed by atoms with E-state index in [-0.39, 0.29) is 6.04 Å². The van der Waals surface area contributed by atoms with Gasteiger partial charge in [-0.25, -0.2) is 0 Å². The van der Waals surface area contributed by atoms with Crippen molar-refractivity contribution < 1.29 is 0 Å². The lowest BCUT2D eigenvalue weighted by Gasteiger charge is -2.30. The number of nitrogens with zero attached hydrogens (tertiary/aromatic N) is 2. The topological polar surface area (TPSA) is 42.1 Å². The first-order valence-corrected chi connectivity index (χ1v) is 7.24. The Balaban J connectivity index is 2.17.